The lowest BCUT2D eigenvalue weighted by atomic mass is 9.94. The summed E-state index contributed by atoms with van der Waals surface area (Å²) >= 11 is 0. The van der Waals surface area contributed by atoms with Crippen LogP contribution in [0.1, 0.15) is 0 Å². The lowest BCUT2D eigenvalue weighted by molar-refractivity contribution is 1.37. The van der Waals surface area contributed by atoms with Gasteiger partial charge in [-0.25, -0.2) is 0 Å². The van der Waals surface area contributed by atoms with Crippen molar-refractivity contribution < 1.29 is 0 Å². The molecule has 0 aliphatic heterocycles. The van der Waals surface area contributed by atoms with Gasteiger partial charge in [0, 0.05) is 32.5 Å². The number of benzene rings is 4. The highest BCUT2D eigenvalue weighted by Gasteiger charge is 2.21. The molecule has 0 spiro atoms. The molecule has 0 amide bonds. The first-order valence-corrected chi connectivity index (χ1v) is 10.2. The zero-order valence-corrected chi connectivity index (χ0v) is 16.9. The summed E-state index contributed by atoms with van der Waals surface area (Å²) in [6.07, 6.45) is 4.00. The fraction of sp³-hybridized carbons (Fsp3) is 0. The first-order valence-electron chi connectivity index (χ1n) is 10.2. The molecule has 0 aromatic heterocycles. The van der Waals surface area contributed by atoms with Crippen molar-refractivity contribution in [1.29, 1.82) is 10.5 Å². The molecule has 0 unspecified atom stereocenters. The fourth-order valence-electron chi connectivity index (χ4n) is 4.95. The van der Waals surface area contributed by atoms with Crippen LogP contribution in [-0.4, -0.2) is 0 Å². The molecule has 32 heavy (non-hydrogen) atoms. The molecule has 0 saturated carbocycles. The highest BCUT2D eigenvalue weighted by Crippen LogP contribution is 2.41. The summed E-state index contributed by atoms with van der Waals surface area (Å²) < 4.78 is 0. The largest absolute Gasteiger partial charge is 0.206 e. The van der Waals surface area contributed by atoms with E-state index in [-0.39, 0.29) is 0 Å². The third-order valence-corrected chi connectivity index (χ3v) is 6.13. The molecule has 146 valence electrons. The van der Waals surface area contributed by atoms with Gasteiger partial charge in [-0.15, -0.1) is 0 Å². The highest BCUT2D eigenvalue weighted by atomic mass is 14.7. The van der Waals surface area contributed by atoms with Crippen molar-refractivity contribution in [3.63, 3.8) is 0 Å². The smallest absolute Gasteiger partial charge is 0.172 e. The lowest BCUT2D eigenvalue weighted by Gasteiger charge is -2.08. The van der Waals surface area contributed by atoms with Crippen molar-refractivity contribution >= 4 is 43.1 Å². The first kappa shape index (κ1) is 18.0. The SMILES string of the molecule is N#C/N=c1\c2ccccc2c2c(-c3ccccc3)c3/c(=N/C#N)c4ccccc4c3cc12. The van der Waals surface area contributed by atoms with E-state index in [9.17, 15) is 10.5 Å². The summed E-state index contributed by atoms with van der Waals surface area (Å²) in [7, 11) is 0. The summed E-state index contributed by atoms with van der Waals surface area (Å²) in [5.74, 6) is 0. The predicted octanol–water partition coefficient (Wildman–Crippen LogP) is 5.61. The average Bonchev–Trinajstić information content (AvgIpc) is 3.32. The molecule has 4 heteroatoms. The van der Waals surface area contributed by atoms with Crippen molar-refractivity contribution in [3.05, 3.63) is 95.6 Å². The van der Waals surface area contributed by atoms with Crippen LogP contribution in [0, 0.1) is 22.9 Å². The van der Waals surface area contributed by atoms with Gasteiger partial charge in [-0.2, -0.15) is 20.5 Å². The Morgan fingerprint density at radius 2 is 1.06 bits per heavy atom. The number of fused-ring (bicyclic) bond motifs is 6. The molecule has 0 fully saturated rings. The highest BCUT2D eigenvalue weighted by molar-refractivity contribution is 6.28. The van der Waals surface area contributed by atoms with Crippen LogP contribution in [0.3, 0.4) is 0 Å². The second kappa shape index (κ2) is 6.87. The second-order valence-corrected chi connectivity index (χ2v) is 7.67. The maximum Gasteiger partial charge on any atom is 0.206 e. The molecular weight excluding hydrogens is 392 g/mol. The van der Waals surface area contributed by atoms with Gasteiger partial charge in [0.05, 0.1) is 10.7 Å². The van der Waals surface area contributed by atoms with Crippen molar-refractivity contribution in [2.75, 3.05) is 0 Å². The quantitative estimate of drug-likeness (QED) is 0.333. The third-order valence-electron chi connectivity index (χ3n) is 6.13. The Morgan fingerprint density at radius 1 is 0.500 bits per heavy atom. The Bertz CT molecular complexity index is 1880. The molecule has 0 N–H and O–H groups in total. The van der Waals surface area contributed by atoms with Gasteiger partial charge in [-0.1, -0.05) is 78.9 Å². The third kappa shape index (κ3) is 2.35. The summed E-state index contributed by atoms with van der Waals surface area (Å²) in [6.45, 7) is 0. The number of nitrogens with zero attached hydrogens (tertiary/aromatic N) is 4. The Morgan fingerprint density at radius 3 is 1.75 bits per heavy atom. The Balaban J connectivity index is 2.06. The van der Waals surface area contributed by atoms with E-state index in [0.717, 1.165) is 54.2 Å². The van der Waals surface area contributed by atoms with E-state index in [1.807, 2.05) is 67.0 Å². The molecule has 0 saturated heterocycles. The molecule has 0 bridgehead atoms. The fourth-order valence-corrected chi connectivity index (χ4v) is 4.95. The zero-order chi connectivity index (χ0) is 21.7. The summed E-state index contributed by atoms with van der Waals surface area (Å²) in [5, 5.41) is 28.2. The summed E-state index contributed by atoms with van der Waals surface area (Å²) in [5.41, 5.74) is 2.05. The van der Waals surface area contributed by atoms with Crippen LogP contribution in [0.15, 0.2) is 94.9 Å². The van der Waals surface area contributed by atoms with Gasteiger partial charge in [-0.05, 0) is 27.8 Å². The minimum Gasteiger partial charge on any atom is -0.172 e. The van der Waals surface area contributed by atoms with Gasteiger partial charge in [0.25, 0.3) is 0 Å². The van der Waals surface area contributed by atoms with Gasteiger partial charge >= 0.3 is 0 Å². The van der Waals surface area contributed by atoms with Crippen LogP contribution in [-0.2, 0) is 0 Å². The minimum atomic E-state index is 0.682. The van der Waals surface area contributed by atoms with Crippen molar-refractivity contribution in [3.8, 4) is 23.5 Å². The summed E-state index contributed by atoms with van der Waals surface area (Å²) in [6, 6.07) is 28.3. The molecular formula is C28H14N4. The maximum atomic E-state index is 9.51. The van der Waals surface area contributed by atoms with E-state index >= 15 is 0 Å². The van der Waals surface area contributed by atoms with E-state index in [1.54, 1.807) is 0 Å². The first-order chi connectivity index (χ1) is 15.8. The van der Waals surface area contributed by atoms with E-state index in [0.29, 0.717) is 10.7 Å². The topological polar surface area (TPSA) is 72.3 Å². The van der Waals surface area contributed by atoms with Crippen molar-refractivity contribution in [2.45, 2.75) is 0 Å². The molecule has 4 nitrogen and oxygen atoms in total. The number of nitriles is 2. The standard InChI is InChI=1S/C28H14N4/c29-15-31-27-21-13-7-5-11-19(21)25-23(27)14-22-18-10-4-6-12-20(18)28(32-16-30)26(22)24(25)17-8-2-1-3-9-17/h1-14H/b31-27+,32-28+. The Hall–Kier alpha value is -4.80. The van der Waals surface area contributed by atoms with Gasteiger partial charge < -0.3 is 0 Å². The van der Waals surface area contributed by atoms with E-state index in [2.05, 4.69) is 40.3 Å². The Kier molecular flexibility index (Phi) is 3.87. The van der Waals surface area contributed by atoms with E-state index in [4.69, 9.17) is 0 Å². The molecule has 6 aromatic rings. The maximum absolute atomic E-state index is 9.51. The van der Waals surface area contributed by atoms with Crippen molar-refractivity contribution in [1.82, 2.24) is 0 Å². The predicted molar refractivity (Wildman–Crippen MR) is 127 cm³/mol. The monoisotopic (exact) mass is 406 g/mol. The van der Waals surface area contributed by atoms with E-state index < -0.39 is 0 Å². The molecule has 6 rings (SSSR count). The van der Waals surface area contributed by atoms with Crippen LogP contribution < -0.4 is 10.7 Å². The van der Waals surface area contributed by atoms with E-state index in [1.165, 1.54) is 0 Å². The minimum absolute atomic E-state index is 0.682. The number of hydrogen-bond donors (Lipinski definition) is 0. The Labute approximate surface area is 182 Å². The zero-order valence-electron chi connectivity index (χ0n) is 16.9. The molecule has 6 aromatic carbocycles. The van der Waals surface area contributed by atoms with Crippen LogP contribution in [0.2, 0.25) is 0 Å². The van der Waals surface area contributed by atoms with Crippen LogP contribution >= 0.6 is 0 Å². The van der Waals surface area contributed by atoms with Crippen LogP contribution in [0.4, 0.5) is 0 Å². The molecule has 0 heterocycles. The molecule has 0 atom stereocenters. The second-order valence-electron chi connectivity index (χ2n) is 7.67. The van der Waals surface area contributed by atoms with Crippen LogP contribution in [0.25, 0.3) is 54.2 Å². The van der Waals surface area contributed by atoms with Crippen LogP contribution in [0.5, 0.6) is 0 Å². The van der Waals surface area contributed by atoms with Gasteiger partial charge in [0.1, 0.15) is 0 Å². The van der Waals surface area contributed by atoms with Gasteiger partial charge in [0.15, 0.2) is 0 Å². The molecule has 0 radical (unpaired) electrons. The van der Waals surface area contributed by atoms with Gasteiger partial charge in [0.2, 0.25) is 12.4 Å². The molecule has 0 aliphatic carbocycles. The lowest BCUT2D eigenvalue weighted by Crippen LogP contribution is -2.01. The number of rotatable bonds is 1. The normalized spacial score (nSPS) is 12.7. The van der Waals surface area contributed by atoms with Gasteiger partial charge in [-0.3, -0.25) is 0 Å². The van der Waals surface area contributed by atoms with Crippen molar-refractivity contribution in [2.24, 2.45) is 9.98 Å². The summed E-state index contributed by atoms with van der Waals surface area (Å²) in [4.78, 5) is 8.49. The molecule has 0 aliphatic rings. The number of hydrogen-bond acceptors (Lipinski definition) is 4. The average molecular weight is 406 g/mol.